The molecule has 0 fully saturated rings. The quantitative estimate of drug-likeness (QED) is 0.478. The van der Waals surface area contributed by atoms with Crippen LogP contribution in [0.2, 0.25) is 0 Å². The first-order valence-corrected chi connectivity index (χ1v) is 8.52. The van der Waals surface area contributed by atoms with E-state index in [-0.39, 0.29) is 11.9 Å². The minimum atomic E-state index is -4.43. The molecule has 5 nitrogen and oxygen atoms in total. The van der Waals surface area contributed by atoms with Gasteiger partial charge >= 0.3 is 13.6 Å². The van der Waals surface area contributed by atoms with Crippen molar-refractivity contribution in [1.29, 1.82) is 0 Å². The van der Waals surface area contributed by atoms with Crippen molar-refractivity contribution in [2.24, 2.45) is 0 Å². The van der Waals surface area contributed by atoms with Crippen molar-refractivity contribution in [3.05, 3.63) is 34.9 Å². The van der Waals surface area contributed by atoms with Gasteiger partial charge in [0.25, 0.3) is 0 Å². The number of rotatable bonds is 6. The van der Waals surface area contributed by atoms with Gasteiger partial charge in [0.1, 0.15) is 0 Å². The number of esters is 1. The van der Waals surface area contributed by atoms with Crippen molar-refractivity contribution in [3.8, 4) is 0 Å². The second kappa shape index (κ2) is 7.55. The van der Waals surface area contributed by atoms with E-state index in [9.17, 15) is 19.1 Å². The largest absolute Gasteiger partial charge is 0.463 e. The molecule has 116 valence electrons. The number of hydrogen-bond acceptors (Lipinski definition) is 3. The first-order valence-electron chi connectivity index (χ1n) is 6.90. The van der Waals surface area contributed by atoms with Crippen LogP contribution in [0.4, 0.5) is 0 Å². The Kier molecular flexibility index (Phi) is 6.34. The first-order chi connectivity index (χ1) is 9.85. The lowest BCUT2D eigenvalue weighted by Gasteiger charge is -2.16. The SMILES string of the molecule is CCOC(=O)C=Cc1ccc(CC)c(CC)c1P(=O)(O)O. The molecule has 0 heterocycles. The highest BCUT2D eigenvalue weighted by atomic mass is 31.2. The summed E-state index contributed by atoms with van der Waals surface area (Å²) in [5.41, 5.74) is 1.91. The van der Waals surface area contributed by atoms with Crippen LogP contribution in [0.3, 0.4) is 0 Å². The van der Waals surface area contributed by atoms with Crippen LogP contribution in [0.25, 0.3) is 6.08 Å². The molecule has 6 heteroatoms. The van der Waals surface area contributed by atoms with Gasteiger partial charge in [-0.3, -0.25) is 4.57 Å². The van der Waals surface area contributed by atoms with Crippen molar-refractivity contribution < 1.29 is 23.9 Å². The molecule has 0 unspecified atom stereocenters. The normalized spacial score (nSPS) is 11.9. The van der Waals surface area contributed by atoms with E-state index in [1.807, 2.05) is 19.9 Å². The number of carbonyl (C=O) groups excluding carboxylic acids is 1. The highest BCUT2D eigenvalue weighted by Gasteiger charge is 2.25. The van der Waals surface area contributed by atoms with Gasteiger partial charge in [0.2, 0.25) is 0 Å². The third kappa shape index (κ3) is 4.53. The number of carbonyl (C=O) groups is 1. The van der Waals surface area contributed by atoms with Crippen molar-refractivity contribution in [2.75, 3.05) is 6.61 Å². The van der Waals surface area contributed by atoms with Gasteiger partial charge in [-0.1, -0.05) is 26.0 Å². The molecule has 1 aromatic carbocycles. The lowest BCUT2D eigenvalue weighted by Crippen LogP contribution is -2.17. The number of benzene rings is 1. The van der Waals surface area contributed by atoms with Gasteiger partial charge in [0, 0.05) is 6.08 Å². The molecule has 0 bridgehead atoms. The summed E-state index contributed by atoms with van der Waals surface area (Å²) in [7, 11) is -4.43. The van der Waals surface area contributed by atoms with Gasteiger partial charge in [-0.2, -0.15) is 0 Å². The van der Waals surface area contributed by atoms with Gasteiger partial charge in [-0.05, 0) is 42.5 Å². The average molecular weight is 312 g/mol. The Morgan fingerprint density at radius 3 is 2.38 bits per heavy atom. The number of ether oxygens (including phenoxy) is 1. The molecule has 1 rings (SSSR count). The molecule has 0 aromatic heterocycles. The maximum atomic E-state index is 11.8. The molecule has 0 atom stereocenters. The van der Waals surface area contributed by atoms with E-state index in [1.54, 1.807) is 13.0 Å². The monoisotopic (exact) mass is 312 g/mol. The Morgan fingerprint density at radius 1 is 1.24 bits per heavy atom. The van der Waals surface area contributed by atoms with Crippen molar-refractivity contribution in [3.63, 3.8) is 0 Å². The third-order valence-electron chi connectivity index (χ3n) is 3.12. The number of aryl methyl sites for hydroxylation is 1. The van der Waals surface area contributed by atoms with Crippen LogP contribution in [-0.4, -0.2) is 22.4 Å². The summed E-state index contributed by atoms with van der Waals surface area (Å²) in [6, 6.07) is 3.46. The molecule has 0 spiro atoms. The zero-order valence-electron chi connectivity index (χ0n) is 12.5. The molecular formula is C15H21O5P. The fourth-order valence-corrected chi connectivity index (χ4v) is 3.39. The van der Waals surface area contributed by atoms with E-state index < -0.39 is 13.6 Å². The maximum absolute atomic E-state index is 11.8. The van der Waals surface area contributed by atoms with Crippen LogP contribution >= 0.6 is 7.60 Å². The molecule has 0 radical (unpaired) electrons. The fourth-order valence-electron chi connectivity index (χ4n) is 2.25. The van der Waals surface area contributed by atoms with Gasteiger partial charge in [0.05, 0.1) is 11.9 Å². The lowest BCUT2D eigenvalue weighted by molar-refractivity contribution is -0.137. The Labute approximate surface area is 124 Å². The van der Waals surface area contributed by atoms with Gasteiger partial charge in [-0.15, -0.1) is 0 Å². The minimum Gasteiger partial charge on any atom is -0.463 e. The van der Waals surface area contributed by atoms with Crippen LogP contribution in [0.1, 0.15) is 37.5 Å². The standard InChI is InChI=1S/C15H21O5P/c1-4-11-7-8-12(9-10-14(16)20-6-3)15(13(11)5-2)21(17,18)19/h7-10H,4-6H2,1-3H3,(H2,17,18,19). The molecule has 0 aliphatic carbocycles. The maximum Gasteiger partial charge on any atom is 0.357 e. The Bertz CT molecular complexity index is 586. The van der Waals surface area contributed by atoms with Crippen LogP contribution in [0.5, 0.6) is 0 Å². The first kappa shape index (κ1) is 17.6. The molecular weight excluding hydrogens is 291 g/mol. The summed E-state index contributed by atoms with van der Waals surface area (Å²) in [6.07, 6.45) is 3.79. The van der Waals surface area contributed by atoms with E-state index >= 15 is 0 Å². The van der Waals surface area contributed by atoms with E-state index in [1.165, 1.54) is 12.2 Å². The van der Waals surface area contributed by atoms with E-state index in [0.717, 1.165) is 5.56 Å². The van der Waals surface area contributed by atoms with Crippen LogP contribution in [0.15, 0.2) is 18.2 Å². The molecule has 2 N–H and O–H groups in total. The van der Waals surface area contributed by atoms with Crippen molar-refractivity contribution in [1.82, 2.24) is 0 Å². The highest BCUT2D eigenvalue weighted by Crippen LogP contribution is 2.38. The molecule has 0 saturated carbocycles. The predicted molar refractivity (Wildman–Crippen MR) is 82.5 cm³/mol. The minimum absolute atomic E-state index is 0.00454. The highest BCUT2D eigenvalue weighted by molar-refractivity contribution is 7.60. The summed E-state index contributed by atoms with van der Waals surface area (Å²) >= 11 is 0. The van der Waals surface area contributed by atoms with Gasteiger partial charge in [0.15, 0.2) is 0 Å². The summed E-state index contributed by atoms with van der Waals surface area (Å²) < 4.78 is 16.6. The van der Waals surface area contributed by atoms with Crippen LogP contribution in [-0.2, 0) is 26.9 Å². The molecule has 0 aliphatic rings. The summed E-state index contributed by atoms with van der Waals surface area (Å²) in [5.74, 6) is -0.535. The fraction of sp³-hybridized carbons (Fsp3) is 0.400. The Morgan fingerprint density at radius 2 is 1.90 bits per heavy atom. The summed E-state index contributed by atoms with van der Waals surface area (Å²) in [4.78, 5) is 30.6. The predicted octanol–water partition coefficient (Wildman–Crippen LogP) is 2.19. The molecule has 0 saturated heterocycles. The Balaban J connectivity index is 3.39. The van der Waals surface area contributed by atoms with E-state index in [4.69, 9.17) is 4.74 Å². The van der Waals surface area contributed by atoms with Crippen molar-refractivity contribution in [2.45, 2.75) is 33.6 Å². The number of hydrogen-bond donors (Lipinski definition) is 2. The smallest absolute Gasteiger partial charge is 0.357 e. The molecule has 0 aliphatic heterocycles. The van der Waals surface area contributed by atoms with E-state index in [0.29, 0.717) is 24.0 Å². The average Bonchev–Trinajstić information content (AvgIpc) is 2.43. The second-order valence-electron chi connectivity index (χ2n) is 4.48. The molecule has 0 amide bonds. The summed E-state index contributed by atoms with van der Waals surface area (Å²) in [5, 5.41) is 0.00454. The van der Waals surface area contributed by atoms with Crippen LogP contribution in [0, 0.1) is 0 Å². The zero-order chi connectivity index (χ0) is 16.0. The van der Waals surface area contributed by atoms with Crippen molar-refractivity contribution >= 4 is 24.9 Å². The van der Waals surface area contributed by atoms with E-state index in [2.05, 4.69) is 0 Å². The topological polar surface area (TPSA) is 83.8 Å². The van der Waals surface area contributed by atoms with Gasteiger partial charge in [-0.25, -0.2) is 4.79 Å². The third-order valence-corrected chi connectivity index (χ3v) is 4.23. The molecule has 1 aromatic rings. The molecule has 21 heavy (non-hydrogen) atoms. The zero-order valence-corrected chi connectivity index (χ0v) is 13.4. The second-order valence-corrected chi connectivity index (χ2v) is 6.01. The van der Waals surface area contributed by atoms with Gasteiger partial charge < -0.3 is 14.5 Å². The Hall–Kier alpha value is -1.42. The lowest BCUT2D eigenvalue weighted by atomic mass is 9.99. The summed E-state index contributed by atoms with van der Waals surface area (Å²) in [6.45, 7) is 5.74. The van der Waals surface area contributed by atoms with Crippen LogP contribution < -0.4 is 5.30 Å².